The van der Waals surface area contributed by atoms with Crippen LogP contribution in [0.3, 0.4) is 0 Å². The number of piperidine rings is 2. The SMILES string of the molecule is C1=CC2C(=C(c3c4ccccc4cc4ccncc34)c3ccc(N4CCCCC4)cc3C2c2c3ccccc3cc3ccncc23)C=C1N1CCCCC1. The van der Waals surface area contributed by atoms with Crippen molar-refractivity contribution in [1.29, 1.82) is 0 Å². The monoisotopic (exact) mass is 700 g/mol. The molecule has 54 heavy (non-hydrogen) atoms. The largest absolute Gasteiger partial charge is 0.372 e. The lowest BCUT2D eigenvalue weighted by molar-refractivity contribution is 0.292. The lowest BCUT2D eigenvalue weighted by Gasteiger charge is -2.41. The zero-order chi connectivity index (χ0) is 35.6. The van der Waals surface area contributed by atoms with Crippen molar-refractivity contribution in [3.63, 3.8) is 0 Å². The molecule has 0 N–H and O–H groups in total. The number of allylic oxidation sites excluding steroid dienone is 4. The van der Waals surface area contributed by atoms with E-state index in [-0.39, 0.29) is 11.8 Å². The van der Waals surface area contributed by atoms with Gasteiger partial charge in [-0.25, -0.2) is 0 Å². The molecule has 2 atom stereocenters. The second-order valence-electron chi connectivity index (χ2n) is 15.8. The van der Waals surface area contributed by atoms with Crippen molar-refractivity contribution >= 4 is 54.4 Å². The van der Waals surface area contributed by atoms with E-state index in [4.69, 9.17) is 9.97 Å². The fraction of sp³-hybridized carbons (Fsp3) is 0.240. The summed E-state index contributed by atoms with van der Waals surface area (Å²) in [7, 11) is 0. The minimum Gasteiger partial charge on any atom is -0.372 e. The number of benzene rings is 5. The minimum atomic E-state index is 0.0936. The predicted octanol–water partition coefficient (Wildman–Crippen LogP) is 11.6. The molecule has 4 heteroatoms. The van der Waals surface area contributed by atoms with Gasteiger partial charge in [-0.1, -0.05) is 60.7 Å². The molecule has 0 saturated carbocycles. The standard InChI is InChI=1S/C50H44N4/c1-7-23-53(24-8-1)37-15-17-41-43(29-37)49(47-39-13-5-3-11-33(39)27-35-19-21-51-31-45(35)47)42-18-16-38(54-25-9-2-10-26-54)30-44(42)50(41)48-40-14-6-4-12-34(40)28-36-20-22-52-32-46(36)48/h3-6,11-22,27-32,41,50H,1-2,7-10,23-26H2. The molecule has 7 aromatic rings. The quantitative estimate of drug-likeness (QED) is 0.171. The number of fused-ring (bicyclic) bond motifs is 6. The number of nitrogens with zero attached hydrogens (tertiary/aromatic N) is 4. The topological polar surface area (TPSA) is 32.3 Å². The molecule has 2 aliphatic heterocycles. The van der Waals surface area contributed by atoms with Gasteiger partial charge in [0.15, 0.2) is 0 Å². The van der Waals surface area contributed by atoms with Gasteiger partial charge >= 0.3 is 0 Å². The van der Waals surface area contributed by atoms with Gasteiger partial charge in [-0.15, -0.1) is 0 Å². The van der Waals surface area contributed by atoms with Gasteiger partial charge in [-0.05, 0) is 153 Å². The van der Waals surface area contributed by atoms with Gasteiger partial charge in [0.25, 0.3) is 0 Å². The summed E-state index contributed by atoms with van der Waals surface area (Å²) in [5.41, 5.74) is 10.9. The summed E-state index contributed by atoms with van der Waals surface area (Å²) in [5, 5.41) is 10.1. The van der Waals surface area contributed by atoms with Crippen molar-refractivity contribution in [2.24, 2.45) is 5.92 Å². The van der Waals surface area contributed by atoms with Crippen molar-refractivity contribution in [2.45, 2.75) is 44.4 Å². The maximum absolute atomic E-state index is 4.77. The van der Waals surface area contributed by atoms with Crippen molar-refractivity contribution in [2.75, 3.05) is 31.1 Å². The molecule has 0 spiro atoms. The zero-order valence-corrected chi connectivity index (χ0v) is 30.7. The first-order valence-electron chi connectivity index (χ1n) is 20.1. The van der Waals surface area contributed by atoms with E-state index in [1.807, 2.05) is 12.4 Å². The van der Waals surface area contributed by atoms with Crippen LogP contribution in [-0.4, -0.2) is 41.0 Å². The molecule has 2 saturated heterocycles. The third-order valence-corrected chi connectivity index (χ3v) is 12.8. The highest BCUT2D eigenvalue weighted by molar-refractivity contribution is 6.13. The van der Waals surface area contributed by atoms with Crippen LogP contribution >= 0.6 is 0 Å². The Morgan fingerprint density at radius 3 is 1.94 bits per heavy atom. The van der Waals surface area contributed by atoms with E-state index in [2.05, 4.69) is 131 Å². The number of rotatable bonds is 4. The van der Waals surface area contributed by atoms with Crippen LogP contribution in [0.15, 0.2) is 145 Å². The molecule has 2 fully saturated rings. The van der Waals surface area contributed by atoms with E-state index in [1.54, 1.807) is 0 Å². The normalized spacial score (nSPS) is 20.1. The van der Waals surface area contributed by atoms with E-state index in [0.29, 0.717) is 0 Å². The molecule has 4 heterocycles. The Balaban J connectivity index is 1.27. The molecule has 0 amide bonds. The van der Waals surface area contributed by atoms with Crippen molar-refractivity contribution in [3.05, 3.63) is 168 Å². The molecule has 0 radical (unpaired) electrons. The van der Waals surface area contributed by atoms with E-state index in [0.717, 1.165) is 26.2 Å². The first kappa shape index (κ1) is 31.8. The molecule has 11 rings (SSSR count). The lowest BCUT2D eigenvalue weighted by atomic mass is 9.64. The van der Waals surface area contributed by atoms with Gasteiger partial charge < -0.3 is 9.80 Å². The Morgan fingerprint density at radius 1 is 0.556 bits per heavy atom. The highest BCUT2D eigenvalue weighted by Crippen LogP contribution is 2.55. The van der Waals surface area contributed by atoms with Gasteiger partial charge in [0.1, 0.15) is 0 Å². The van der Waals surface area contributed by atoms with Crippen LogP contribution < -0.4 is 4.90 Å². The maximum atomic E-state index is 4.77. The average molecular weight is 701 g/mol. The highest BCUT2D eigenvalue weighted by Gasteiger charge is 2.39. The van der Waals surface area contributed by atoms with E-state index in [9.17, 15) is 0 Å². The zero-order valence-electron chi connectivity index (χ0n) is 30.7. The predicted molar refractivity (Wildman–Crippen MR) is 225 cm³/mol. The molecular weight excluding hydrogens is 657 g/mol. The van der Waals surface area contributed by atoms with Crippen LogP contribution in [0.25, 0.3) is 48.7 Å². The molecule has 4 aliphatic rings. The molecule has 0 bridgehead atoms. The summed E-state index contributed by atoms with van der Waals surface area (Å²) < 4.78 is 0. The lowest BCUT2D eigenvalue weighted by Crippen LogP contribution is -2.32. The second kappa shape index (κ2) is 13.0. The first-order valence-corrected chi connectivity index (χ1v) is 20.1. The van der Waals surface area contributed by atoms with E-state index >= 15 is 0 Å². The fourth-order valence-corrected chi connectivity index (χ4v) is 10.3. The molecule has 2 aromatic heterocycles. The van der Waals surface area contributed by atoms with Gasteiger partial charge in [-0.3, -0.25) is 9.97 Å². The Bertz CT molecular complexity index is 2600. The van der Waals surface area contributed by atoms with Crippen LogP contribution in [0.2, 0.25) is 0 Å². The summed E-state index contributed by atoms with van der Waals surface area (Å²) in [6, 6.07) is 34.6. The summed E-state index contributed by atoms with van der Waals surface area (Å²) in [6.45, 7) is 4.46. The van der Waals surface area contributed by atoms with Crippen molar-refractivity contribution in [3.8, 4) is 0 Å². The fourth-order valence-electron chi connectivity index (χ4n) is 10.3. The van der Waals surface area contributed by atoms with Gasteiger partial charge in [0, 0.05) is 85.0 Å². The molecule has 2 unspecified atom stereocenters. The van der Waals surface area contributed by atoms with Crippen LogP contribution in [0, 0.1) is 5.92 Å². The minimum absolute atomic E-state index is 0.0936. The Morgan fingerprint density at radius 2 is 1.19 bits per heavy atom. The van der Waals surface area contributed by atoms with Crippen LogP contribution in [0.5, 0.6) is 0 Å². The Hall–Kier alpha value is -5.74. The average Bonchev–Trinajstić information content (AvgIpc) is 3.24. The number of pyridine rings is 2. The van der Waals surface area contributed by atoms with Crippen molar-refractivity contribution < 1.29 is 0 Å². The highest BCUT2D eigenvalue weighted by atomic mass is 15.1. The third-order valence-electron chi connectivity index (χ3n) is 12.8. The van der Waals surface area contributed by atoms with Gasteiger partial charge in [0.05, 0.1) is 0 Å². The molecular formula is C50H44N4. The number of hydrogen-bond acceptors (Lipinski definition) is 4. The summed E-state index contributed by atoms with van der Waals surface area (Å²) in [5.74, 6) is 0.216. The number of anilines is 1. The smallest absolute Gasteiger partial charge is 0.0369 e. The molecule has 264 valence electrons. The van der Waals surface area contributed by atoms with Crippen LogP contribution in [0.4, 0.5) is 5.69 Å². The molecule has 4 nitrogen and oxygen atoms in total. The van der Waals surface area contributed by atoms with E-state index in [1.165, 1.54) is 126 Å². The first-order chi connectivity index (χ1) is 26.8. The Kier molecular flexibility index (Phi) is 7.64. The second-order valence-corrected chi connectivity index (χ2v) is 15.8. The molecule has 2 aliphatic carbocycles. The van der Waals surface area contributed by atoms with Gasteiger partial charge in [-0.2, -0.15) is 0 Å². The van der Waals surface area contributed by atoms with Gasteiger partial charge in [0.2, 0.25) is 0 Å². The summed E-state index contributed by atoms with van der Waals surface area (Å²) in [6.07, 6.45) is 23.3. The van der Waals surface area contributed by atoms with Crippen LogP contribution in [-0.2, 0) is 0 Å². The number of aromatic nitrogens is 2. The number of hydrogen-bond donors (Lipinski definition) is 0. The van der Waals surface area contributed by atoms with Crippen molar-refractivity contribution in [1.82, 2.24) is 14.9 Å². The third kappa shape index (κ3) is 5.10. The maximum Gasteiger partial charge on any atom is 0.0369 e. The summed E-state index contributed by atoms with van der Waals surface area (Å²) in [4.78, 5) is 14.8. The Labute approximate surface area is 317 Å². The number of likely N-dealkylation sites (tertiary alicyclic amines) is 1. The summed E-state index contributed by atoms with van der Waals surface area (Å²) >= 11 is 0. The van der Waals surface area contributed by atoms with Crippen LogP contribution in [0.1, 0.15) is 66.7 Å². The molecule has 5 aromatic carbocycles. The van der Waals surface area contributed by atoms with E-state index < -0.39 is 0 Å².